The highest BCUT2D eigenvalue weighted by atomic mass is 32.2. The largest absolute Gasteiger partial charge is 0.444 e. The molecule has 0 radical (unpaired) electrons. The van der Waals surface area contributed by atoms with E-state index >= 15 is 0 Å². The number of alkyl carbamates (subject to hydrolysis) is 1. The zero-order valence-corrected chi connectivity index (χ0v) is 22.6. The summed E-state index contributed by atoms with van der Waals surface area (Å²) in [5.41, 5.74) is -1.46. The number of nitrogens with one attached hydrogen (secondary N) is 3. The second kappa shape index (κ2) is 13.8. The average molecular weight is 527 g/mol. The molecule has 1 heterocycles. The smallest absolute Gasteiger partial charge is 0.408 e. The number of allylic oxidation sites excluding steroid dienone is 1. The molecule has 1 rings (SSSR count). The van der Waals surface area contributed by atoms with Crippen molar-refractivity contribution < 1.29 is 27.5 Å². The number of hydrogen-bond donors (Lipinski definition) is 3. The zero-order chi connectivity index (χ0) is 27.5. The van der Waals surface area contributed by atoms with E-state index < -0.39 is 39.0 Å². The van der Waals surface area contributed by atoms with Crippen LogP contribution >= 0.6 is 0 Å². The van der Waals surface area contributed by atoms with Gasteiger partial charge in [0.25, 0.3) is 5.56 Å². The minimum Gasteiger partial charge on any atom is -0.444 e. The predicted molar refractivity (Wildman–Crippen MR) is 138 cm³/mol. The van der Waals surface area contributed by atoms with Crippen LogP contribution < -0.4 is 21.5 Å². The quantitative estimate of drug-likeness (QED) is 0.377. The van der Waals surface area contributed by atoms with Crippen LogP contribution in [0.15, 0.2) is 34.6 Å². The van der Waals surface area contributed by atoms with Gasteiger partial charge in [-0.15, -0.1) is 0 Å². The second-order valence-electron chi connectivity index (χ2n) is 9.85. The molecule has 0 fully saturated rings. The fraction of sp³-hybridized carbons (Fsp3) is 0.583. The molecule has 0 saturated heterocycles. The molecule has 0 saturated carbocycles. The lowest BCUT2D eigenvalue weighted by molar-refractivity contribution is -0.121. The van der Waals surface area contributed by atoms with Gasteiger partial charge in [0.2, 0.25) is 11.8 Å². The van der Waals surface area contributed by atoms with Crippen LogP contribution in [0.2, 0.25) is 0 Å². The normalized spacial score (nSPS) is 12.9. The molecule has 11 nitrogen and oxygen atoms in total. The van der Waals surface area contributed by atoms with Gasteiger partial charge in [-0.1, -0.05) is 19.9 Å². The summed E-state index contributed by atoms with van der Waals surface area (Å²) in [5.74, 6) is -0.594. The maximum atomic E-state index is 12.9. The standard InChI is InChI=1S/C24H38N4O7S/c1-17(2)12-13-25-20(29)16-28-14-9-11-19(22(28)31)26-21(30)18(10-7-8-15-36(6,33)34)27-23(32)35-24(3,4)5/h8-9,11,14-15,17-18H,7,10,12-13,16H2,1-6H3,(H,25,29)(H,26,30)(H,27,32)/b15-8-. The highest BCUT2D eigenvalue weighted by Gasteiger charge is 2.25. The molecule has 12 heteroatoms. The Labute approximate surface area is 212 Å². The van der Waals surface area contributed by atoms with Crippen molar-refractivity contribution in [3.8, 4) is 0 Å². The van der Waals surface area contributed by atoms with E-state index in [9.17, 15) is 27.6 Å². The molecule has 1 atom stereocenters. The summed E-state index contributed by atoms with van der Waals surface area (Å²) >= 11 is 0. The number of ether oxygens (including phenoxy) is 1. The Hall–Kier alpha value is -3.15. The third-order valence-electron chi connectivity index (χ3n) is 4.61. The fourth-order valence-electron chi connectivity index (χ4n) is 2.91. The molecular weight excluding hydrogens is 488 g/mol. The van der Waals surface area contributed by atoms with E-state index in [0.29, 0.717) is 12.5 Å². The molecule has 0 aromatic carbocycles. The van der Waals surface area contributed by atoms with E-state index in [1.807, 2.05) is 13.8 Å². The van der Waals surface area contributed by atoms with Gasteiger partial charge in [0.15, 0.2) is 9.84 Å². The van der Waals surface area contributed by atoms with Crippen molar-refractivity contribution in [3.05, 3.63) is 40.2 Å². The van der Waals surface area contributed by atoms with Crippen LogP contribution in [0.3, 0.4) is 0 Å². The van der Waals surface area contributed by atoms with Crippen LogP contribution in [0.1, 0.15) is 53.9 Å². The Bertz CT molecular complexity index is 1100. The van der Waals surface area contributed by atoms with Gasteiger partial charge in [-0.3, -0.25) is 14.4 Å². The number of pyridine rings is 1. The third kappa shape index (κ3) is 13.1. The molecule has 1 unspecified atom stereocenters. The highest BCUT2D eigenvalue weighted by Crippen LogP contribution is 2.10. The molecule has 1 aromatic rings. The number of anilines is 1. The molecule has 3 amide bonds. The summed E-state index contributed by atoms with van der Waals surface area (Å²) in [6, 6.07) is 1.79. The van der Waals surface area contributed by atoms with E-state index in [0.717, 1.165) is 18.1 Å². The van der Waals surface area contributed by atoms with E-state index in [4.69, 9.17) is 4.74 Å². The van der Waals surface area contributed by atoms with Crippen molar-refractivity contribution in [2.75, 3.05) is 18.1 Å². The number of aromatic nitrogens is 1. The summed E-state index contributed by atoms with van der Waals surface area (Å²) in [6.45, 7) is 9.36. The van der Waals surface area contributed by atoms with Gasteiger partial charge < -0.3 is 25.3 Å². The number of hydrogen-bond acceptors (Lipinski definition) is 7. The summed E-state index contributed by atoms with van der Waals surface area (Å²) in [5, 5.41) is 8.71. The van der Waals surface area contributed by atoms with E-state index in [-0.39, 0.29) is 31.0 Å². The van der Waals surface area contributed by atoms with Crippen molar-refractivity contribution in [3.63, 3.8) is 0 Å². The van der Waals surface area contributed by atoms with Gasteiger partial charge in [-0.05, 0) is 58.1 Å². The summed E-state index contributed by atoms with van der Waals surface area (Å²) in [7, 11) is -3.34. The van der Waals surface area contributed by atoms with Gasteiger partial charge in [0.1, 0.15) is 23.9 Å². The molecule has 0 aliphatic heterocycles. The van der Waals surface area contributed by atoms with E-state index in [1.54, 1.807) is 20.8 Å². The molecule has 0 bridgehead atoms. The summed E-state index contributed by atoms with van der Waals surface area (Å²) in [6.07, 6.45) is 4.04. The van der Waals surface area contributed by atoms with Crippen LogP contribution in [0, 0.1) is 5.92 Å². The predicted octanol–water partition coefficient (Wildman–Crippen LogP) is 2.18. The van der Waals surface area contributed by atoms with Crippen LogP contribution in [0.25, 0.3) is 0 Å². The first kappa shape index (κ1) is 30.9. The number of nitrogens with zero attached hydrogens (tertiary/aromatic N) is 1. The van der Waals surface area contributed by atoms with E-state index in [1.165, 1.54) is 29.0 Å². The average Bonchev–Trinajstić information content (AvgIpc) is 2.70. The molecule has 0 aliphatic rings. The lowest BCUT2D eigenvalue weighted by Crippen LogP contribution is -2.46. The molecule has 36 heavy (non-hydrogen) atoms. The Morgan fingerprint density at radius 3 is 2.42 bits per heavy atom. The minimum atomic E-state index is -3.34. The summed E-state index contributed by atoms with van der Waals surface area (Å²) in [4.78, 5) is 50.2. The first-order valence-electron chi connectivity index (χ1n) is 11.7. The topological polar surface area (TPSA) is 153 Å². The number of carbonyl (C=O) groups is 3. The molecule has 202 valence electrons. The molecule has 0 aliphatic carbocycles. The number of carbonyl (C=O) groups excluding carboxylic acids is 3. The Morgan fingerprint density at radius 2 is 1.83 bits per heavy atom. The summed E-state index contributed by atoms with van der Waals surface area (Å²) < 4.78 is 29.0. The van der Waals surface area contributed by atoms with Crippen molar-refractivity contribution >= 4 is 33.4 Å². The van der Waals surface area contributed by atoms with E-state index in [2.05, 4.69) is 16.0 Å². The lowest BCUT2D eigenvalue weighted by Gasteiger charge is -2.23. The molecule has 0 spiro atoms. The number of amides is 3. The van der Waals surface area contributed by atoms with Crippen LogP contribution in [-0.2, 0) is 30.7 Å². The maximum Gasteiger partial charge on any atom is 0.408 e. The highest BCUT2D eigenvalue weighted by molar-refractivity contribution is 7.93. The zero-order valence-electron chi connectivity index (χ0n) is 21.8. The first-order valence-corrected chi connectivity index (χ1v) is 13.7. The minimum absolute atomic E-state index is 0.0520. The van der Waals surface area contributed by atoms with Crippen molar-refractivity contribution in [1.82, 2.24) is 15.2 Å². The maximum absolute atomic E-state index is 12.9. The first-order chi connectivity index (χ1) is 16.6. The fourth-order valence-corrected chi connectivity index (χ4v) is 3.40. The van der Waals surface area contributed by atoms with Gasteiger partial charge in [-0.2, -0.15) is 0 Å². The van der Waals surface area contributed by atoms with Crippen LogP contribution in [0.5, 0.6) is 0 Å². The second-order valence-corrected chi connectivity index (χ2v) is 11.8. The van der Waals surface area contributed by atoms with Gasteiger partial charge in [-0.25, -0.2) is 13.2 Å². The monoisotopic (exact) mass is 526 g/mol. The number of rotatable bonds is 12. The van der Waals surface area contributed by atoms with Crippen LogP contribution in [-0.4, -0.2) is 55.3 Å². The van der Waals surface area contributed by atoms with Crippen molar-refractivity contribution in [1.29, 1.82) is 0 Å². The Balaban J connectivity index is 2.97. The third-order valence-corrected chi connectivity index (χ3v) is 5.30. The number of sulfone groups is 1. The SMILES string of the molecule is CC(C)CCNC(=O)Cn1cccc(NC(=O)C(CC/C=C\S(C)(=O)=O)NC(=O)OC(C)(C)C)c1=O. The van der Waals surface area contributed by atoms with Gasteiger partial charge in [0.05, 0.1) is 0 Å². The Kier molecular flexibility index (Phi) is 11.8. The lowest BCUT2D eigenvalue weighted by atomic mass is 10.1. The molecular formula is C24H38N4O7S. The Morgan fingerprint density at radius 1 is 1.17 bits per heavy atom. The van der Waals surface area contributed by atoms with Crippen LogP contribution in [0.4, 0.5) is 10.5 Å². The van der Waals surface area contributed by atoms with Gasteiger partial charge in [0, 0.05) is 24.4 Å². The van der Waals surface area contributed by atoms with Crippen molar-refractivity contribution in [2.45, 2.75) is 72.1 Å². The van der Waals surface area contributed by atoms with Crippen molar-refractivity contribution in [2.24, 2.45) is 5.92 Å². The molecule has 3 N–H and O–H groups in total. The molecule has 1 aromatic heterocycles. The van der Waals surface area contributed by atoms with Gasteiger partial charge >= 0.3 is 6.09 Å².